The maximum Gasteiger partial charge on any atom is 0.164 e. The molecule has 0 N–H and O–H groups in total. The smallest absolute Gasteiger partial charge is 0.164 e. The third kappa shape index (κ3) is 4.88. The first-order chi connectivity index (χ1) is 12.5. The second-order valence-corrected chi connectivity index (χ2v) is 7.21. The van der Waals surface area contributed by atoms with Crippen LogP contribution in [0.2, 0.25) is 10.0 Å². The number of rotatable bonds is 7. The molecule has 1 heterocycles. The van der Waals surface area contributed by atoms with E-state index in [-0.39, 0.29) is 11.7 Å². The molecule has 6 heteroatoms. The molecule has 134 valence electrons. The number of carbonyl (C=O) groups excluding carboxylic acids is 1. The van der Waals surface area contributed by atoms with Crippen molar-refractivity contribution in [2.75, 3.05) is 0 Å². The monoisotopic (exact) mass is 407 g/mol. The average molecular weight is 409 g/mol. The molecule has 1 aliphatic rings. The van der Waals surface area contributed by atoms with Crippen LogP contribution in [-0.4, -0.2) is 12.0 Å². The largest absolute Gasteiger partial charge is 0.457 e. The minimum absolute atomic E-state index is 0.00285. The third-order valence-corrected chi connectivity index (χ3v) is 4.97. The van der Waals surface area contributed by atoms with E-state index in [0.29, 0.717) is 33.5 Å². The Morgan fingerprint density at radius 3 is 2.42 bits per heavy atom. The number of allylic oxidation sites excluding steroid dienone is 1. The summed E-state index contributed by atoms with van der Waals surface area (Å²) in [6.45, 7) is 0. The summed E-state index contributed by atoms with van der Waals surface area (Å²) in [5, 5.41) is 1.73. The Morgan fingerprint density at radius 1 is 1.04 bits per heavy atom. The molecule has 0 aromatic heterocycles. The van der Waals surface area contributed by atoms with Gasteiger partial charge in [0.15, 0.2) is 5.78 Å². The van der Waals surface area contributed by atoms with Gasteiger partial charge in [0.05, 0.1) is 5.02 Å². The van der Waals surface area contributed by atoms with Gasteiger partial charge in [-0.2, -0.15) is 0 Å². The predicted octanol–water partition coefficient (Wildman–Crippen LogP) is 6.92. The van der Waals surface area contributed by atoms with E-state index in [9.17, 15) is 4.79 Å². The zero-order valence-electron chi connectivity index (χ0n) is 13.8. The minimum atomic E-state index is 0.00285. The number of ketones is 1. The molecule has 0 radical (unpaired) electrons. The summed E-state index contributed by atoms with van der Waals surface area (Å²) >= 11 is 18.2. The standard InChI is InChI=1S/C20H16Cl3NO2/c21-14-4-6-15(7-5-14)26-16-8-9-17(18(22)10-16)20(25)3-1-2-13-11-24-12-19(13)23/h4-13H,1-3H2/t13-/m1/s1. The molecule has 0 amide bonds. The Balaban J connectivity index is 1.58. The quantitative estimate of drug-likeness (QED) is 0.466. The normalized spacial score (nSPS) is 15.8. The number of benzene rings is 2. The number of hydrogen-bond acceptors (Lipinski definition) is 3. The number of ether oxygens (including phenoxy) is 1. The van der Waals surface area contributed by atoms with Crippen molar-refractivity contribution in [2.45, 2.75) is 19.3 Å². The van der Waals surface area contributed by atoms with Crippen LogP contribution in [0.5, 0.6) is 11.5 Å². The van der Waals surface area contributed by atoms with Gasteiger partial charge in [0, 0.05) is 46.4 Å². The van der Waals surface area contributed by atoms with E-state index < -0.39 is 0 Å². The highest BCUT2D eigenvalue weighted by Gasteiger charge is 2.16. The van der Waals surface area contributed by atoms with E-state index in [1.165, 1.54) is 0 Å². The van der Waals surface area contributed by atoms with E-state index >= 15 is 0 Å². The van der Waals surface area contributed by atoms with Crippen LogP contribution in [0.25, 0.3) is 0 Å². The second-order valence-electron chi connectivity index (χ2n) is 5.93. The van der Waals surface area contributed by atoms with Crippen LogP contribution in [-0.2, 0) is 0 Å². The summed E-state index contributed by atoms with van der Waals surface area (Å²) in [5.74, 6) is 1.33. The molecule has 0 saturated carbocycles. The van der Waals surface area contributed by atoms with Gasteiger partial charge in [-0.25, -0.2) is 0 Å². The zero-order chi connectivity index (χ0) is 18.5. The molecule has 0 bridgehead atoms. The molecule has 3 nitrogen and oxygen atoms in total. The molecule has 0 aliphatic carbocycles. The van der Waals surface area contributed by atoms with Gasteiger partial charge < -0.3 is 4.74 Å². The maximum atomic E-state index is 12.4. The zero-order valence-corrected chi connectivity index (χ0v) is 16.1. The van der Waals surface area contributed by atoms with Crippen molar-refractivity contribution >= 4 is 46.8 Å². The van der Waals surface area contributed by atoms with Gasteiger partial charge in [-0.05, 0) is 49.2 Å². The molecule has 0 unspecified atom stereocenters. The van der Waals surface area contributed by atoms with Crippen molar-refractivity contribution in [1.82, 2.24) is 0 Å². The van der Waals surface area contributed by atoms with Gasteiger partial charge in [-0.3, -0.25) is 9.79 Å². The third-order valence-electron chi connectivity index (χ3n) is 4.03. The molecule has 3 rings (SSSR count). The lowest BCUT2D eigenvalue weighted by atomic mass is 10.00. The van der Waals surface area contributed by atoms with Crippen LogP contribution in [0.1, 0.15) is 29.6 Å². The van der Waals surface area contributed by atoms with Crippen LogP contribution < -0.4 is 4.74 Å². The molecule has 2 aromatic rings. The van der Waals surface area contributed by atoms with Gasteiger partial charge in [-0.1, -0.05) is 34.8 Å². The topological polar surface area (TPSA) is 38.7 Å². The number of nitrogens with zero attached hydrogens (tertiary/aromatic N) is 1. The lowest BCUT2D eigenvalue weighted by molar-refractivity contribution is 0.0979. The molecule has 26 heavy (non-hydrogen) atoms. The van der Waals surface area contributed by atoms with Crippen molar-refractivity contribution < 1.29 is 9.53 Å². The highest BCUT2D eigenvalue weighted by Crippen LogP contribution is 2.29. The Hall–Kier alpha value is -1.81. The van der Waals surface area contributed by atoms with E-state index in [0.717, 1.165) is 17.9 Å². The Labute approximate surface area is 167 Å². The molecular formula is C20H16Cl3NO2. The second kappa shape index (κ2) is 8.72. The summed E-state index contributed by atoms with van der Waals surface area (Å²) in [6.07, 6.45) is 5.37. The number of hydrogen-bond donors (Lipinski definition) is 0. The molecule has 0 spiro atoms. The maximum absolute atomic E-state index is 12.4. The number of Topliss-reactive ketones (excluding diaryl/α,β-unsaturated/α-hetero) is 1. The van der Waals surface area contributed by atoms with Gasteiger partial charge >= 0.3 is 0 Å². The summed E-state index contributed by atoms with van der Waals surface area (Å²) < 4.78 is 5.72. The fourth-order valence-electron chi connectivity index (χ4n) is 2.64. The fraction of sp³-hybridized carbons (Fsp3) is 0.200. The molecular weight excluding hydrogens is 393 g/mol. The average Bonchev–Trinajstić information content (AvgIpc) is 3.02. The van der Waals surface area contributed by atoms with Crippen LogP contribution in [0.15, 0.2) is 58.7 Å². The van der Waals surface area contributed by atoms with Crippen molar-refractivity contribution in [3.63, 3.8) is 0 Å². The van der Waals surface area contributed by atoms with Crippen LogP contribution >= 0.6 is 34.8 Å². The van der Waals surface area contributed by atoms with Crippen LogP contribution in [0, 0.1) is 5.92 Å². The Morgan fingerprint density at radius 2 is 1.77 bits per heavy atom. The van der Waals surface area contributed by atoms with E-state index in [2.05, 4.69) is 4.99 Å². The molecule has 2 aromatic carbocycles. The van der Waals surface area contributed by atoms with E-state index in [1.54, 1.807) is 48.7 Å². The molecule has 1 aliphatic heterocycles. The van der Waals surface area contributed by atoms with Crippen LogP contribution in [0.4, 0.5) is 0 Å². The van der Waals surface area contributed by atoms with E-state index in [1.807, 2.05) is 6.21 Å². The summed E-state index contributed by atoms with van der Waals surface area (Å²) in [7, 11) is 0. The first-order valence-corrected chi connectivity index (χ1v) is 9.31. The summed E-state index contributed by atoms with van der Waals surface area (Å²) in [6, 6.07) is 12.1. The predicted molar refractivity (Wildman–Crippen MR) is 107 cm³/mol. The lowest BCUT2D eigenvalue weighted by Gasteiger charge is -2.10. The lowest BCUT2D eigenvalue weighted by Crippen LogP contribution is -2.04. The van der Waals surface area contributed by atoms with Crippen molar-refractivity contribution in [3.8, 4) is 11.5 Å². The number of aliphatic imine (C=N–C) groups is 1. The highest BCUT2D eigenvalue weighted by atomic mass is 35.5. The van der Waals surface area contributed by atoms with Crippen LogP contribution in [0.3, 0.4) is 0 Å². The SMILES string of the molecule is O=C(CCC[C@@H]1C=NC=C1Cl)c1ccc(Oc2ccc(Cl)cc2)cc1Cl. The van der Waals surface area contributed by atoms with Crippen molar-refractivity contribution in [3.05, 3.63) is 69.3 Å². The van der Waals surface area contributed by atoms with E-state index in [4.69, 9.17) is 39.5 Å². The Kier molecular flexibility index (Phi) is 6.36. The van der Waals surface area contributed by atoms with Crippen molar-refractivity contribution in [1.29, 1.82) is 0 Å². The van der Waals surface area contributed by atoms with Gasteiger partial charge in [0.1, 0.15) is 11.5 Å². The number of halogens is 3. The van der Waals surface area contributed by atoms with Gasteiger partial charge in [0.2, 0.25) is 0 Å². The number of carbonyl (C=O) groups is 1. The molecule has 0 saturated heterocycles. The fourth-order valence-corrected chi connectivity index (χ4v) is 3.26. The first-order valence-electron chi connectivity index (χ1n) is 8.18. The summed E-state index contributed by atoms with van der Waals surface area (Å²) in [4.78, 5) is 16.4. The molecule has 0 fully saturated rings. The summed E-state index contributed by atoms with van der Waals surface area (Å²) in [5.41, 5.74) is 0.497. The van der Waals surface area contributed by atoms with Gasteiger partial charge in [-0.15, -0.1) is 0 Å². The Bertz CT molecular complexity index is 860. The van der Waals surface area contributed by atoms with Gasteiger partial charge in [0.25, 0.3) is 0 Å². The molecule has 1 atom stereocenters. The highest BCUT2D eigenvalue weighted by molar-refractivity contribution is 6.34. The first kappa shape index (κ1) is 19.0. The minimum Gasteiger partial charge on any atom is -0.457 e. The van der Waals surface area contributed by atoms with Crippen molar-refractivity contribution in [2.24, 2.45) is 10.9 Å².